The number of likely N-dealkylation sites (N-methyl/N-ethyl adjacent to an activating group) is 1. The van der Waals surface area contributed by atoms with Gasteiger partial charge in [-0.1, -0.05) is 12.1 Å². The van der Waals surface area contributed by atoms with Crippen LogP contribution in [0.2, 0.25) is 0 Å². The molecule has 1 aromatic carbocycles. The van der Waals surface area contributed by atoms with Crippen LogP contribution in [0.25, 0.3) is 5.57 Å². The maximum absolute atomic E-state index is 12.1. The predicted molar refractivity (Wildman–Crippen MR) is 104 cm³/mol. The van der Waals surface area contributed by atoms with Crippen LogP contribution in [-0.2, 0) is 14.8 Å². The second-order valence-corrected chi connectivity index (χ2v) is 8.38. The molecule has 1 aliphatic heterocycles. The molecule has 0 aliphatic carbocycles. The number of nitrogens with zero attached hydrogens (tertiary/aromatic N) is 3. The number of carboxylic acids is 1. The summed E-state index contributed by atoms with van der Waals surface area (Å²) in [6.07, 6.45) is 3.32. The van der Waals surface area contributed by atoms with Gasteiger partial charge >= 0.3 is 5.97 Å². The highest BCUT2D eigenvalue weighted by molar-refractivity contribution is 7.89. The maximum atomic E-state index is 12.1. The fourth-order valence-electron chi connectivity index (χ4n) is 3.61. The molecule has 0 radical (unpaired) electrons. The molecule has 8 nitrogen and oxygen atoms in total. The number of carbonyl (C=O) groups is 1. The molecule has 148 valence electrons. The molecule has 28 heavy (non-hydrogen) atoms. The summed E-state index contributed by atoms with van der Waals surface area (Å²) in [5, 5.41) is 18.7. The highest BCUT2D eigenvalue weighted by Gasteiger charge is 2.42. The number of hydrogen-bond acceptors (Lipinski definition) is 6. The van der Waals surface area contributed by atoms with E-state index in [1.165, 1.54) is 12.1 Å². The van der Waals surface area contributed by atoms with Gasteiger partial charge in [0.05, 0.1) is 10.9 Å². The van der Waals surface area contributed by atoms with E-state index in [9.17, 15) is 18.3 Å². The lowest BCUT2D eigenvalue weighted by atomic mass is 9.92. The number of aliphatic carboxylic acids is 1. The van der Waals surface area contributed by atoms with Crippen LogP contribution in [0.4, 0.5) is 0 Å². The molecule has 0 saturated carbocycles. The lowest BCUT2D eigenvalue weighted by Gasteiger charge is -2.36. The van der Waals surface area contributed by atoms with Crippen LogP contribution < -0.4 is 5.14 Å². The first-order chi connectivity index (χ1) is 13.1. The number of pyridine rings is 1. The van der Waals surface area contributed by atoms with Crippen molar-refractivity contribution >= 4 is 21.6 Å². The molecule has 0 fully saturated rings. The van der Waals surface area contributed by atoms with Gasteiger partial charge in [0.25, 0.3) is 0 Å². The van der Waals surface area contributed by atoms with Gasteiger partial charge in [-0.2, -0.15) is 0 Å². The number of benzene rings is 1. The van der Waals surface area contributed by atoms with Crippen molar-refractivity contribution in [2.45, 2.75) is 30.8 Å². The smallest absolute Gasteiger partial charge is 0.353 e. The second kappa shape index (κ2) is 7.34. The zero-order valence-corrected chi connectivity index (χ0v) is 16.6. The average molecular weight is 402 g/mol. The third-order valence-electron chi connectivity index (χ3n) is 4.71. The normalized spacial score (nSPS) is 18.2. The molecule has 0 bridgehead atoms. The van der Waals surface area contributed by atoms with Gasteiger partial charge in [-0.15, -0.1) is 0 Å². The van der Waals surface area contributed by atoms with E-state index in [2.05, 4.69) is 4.98 Å². The van der Waals surface area contributed by atoms with Gasteiger partial charge in [0.1, 0.15) is 5.70 Å². The SMILES string of the molecule is CC(C)N1C(c2ccncc2)C(c2ccc(S(N)(=O)=O)cc2)=C(C(=O)O)N1C. The second-order valence-electron chi connectivity index (χ2n) is 6.82. The quantitative estimate of drug-likeness (QED) is 0.784. The Labute approximate surface area is 163 Å². The van der Waals surface area contributed by atoms with Crippen LogP contribution in [0.3, 0.4) is 0 Å². The van der Waals surface area contributed by atoms with E-state index in [-0.39, 0.29) is 22.7 Å². The van der Waals surface area contributed by atoms with Crippen molar-refractivity contribution in [1.82, 2.24) is 15.0 Å². The fraction of sp³-hybridized carbons (Fsp3) is 0.263. The number of carboxylic acid groups (broad SMARTS) is 1. The minimum atomic E-state index is -3.84. The van der Waals surface area contributed by atoms with Gasteiger partial charge in [0.15, 0.2) is 0 Å². The van der Waals surface area contributed by atoms with Gasteiger partial charge in [0, 0.05) is 31.1 Å². The van der Waals surface area contributed by atoms with Crippen LogP contribution in [0, 0.1) is 0 Å². The Morgan fingerprint density at radius 2 is 1.71 bits per heavy atom. The van der Waals surface area contributed by atoms with Crippen LogP contribution in [0.5, 0.6) is 0 Å². The number of aromatic nitrogens is 1. The number of hydrogen-bond donors (Lipinski definition) is 2. The molecule has 0 saturated heterocycles. The van der Waals surface area contributed by atoms with Crippen molar-refractivity contribution in [3.63, 3.8) is 0 Å². The fourth-order valence-corrected chi connectivity index (χ4v) is 4.12. The van der Waals surface area contributed by atoms with Crippen LogP contribution in [-0.4, -0.2) is 47.6 Å². The Bertz CT molecular complexity index is 1020. The van der Waals surface area contributed by atoms with E-state index < -0.39 is 16.0 Å². The summed E-state index contributed by atoms with van der Waals surface area (Å²) in [6, 6.07) is 9.29. The van der Waals surface area contributed by atoms with E-state index in [1.54, 1.807) is 36.6 Å². The summed E-state index contributed by atoms with van der Waals surface area (Å²) in [4.78, 5) is 16.1. The molecule has 2 heterocycles. The average Bonchev–Trinajstić information content (AvgIpc) is 2.95. The molecule has 9 heteroatoms. The molecule has 1 aliphatic rings. The first-order valence-corrected chi connectivity index (χ1v) is 10.2. The number of nitrogens with two attached hydrogens (primary N) is 1. The molecule has 1 atom stereocenters. The Morgan fingerprint density at radius 3 is 2.18 bits per heavy atom. The third-order valence-corrected chi connectivity index (χ3v) is 5.64. The van der Waals surface area contributed by atoms with Crippen LogP contribution >= 0.6 is 0 Å². The molecule has 2 aromatic rings. The van der Waals surface area contributed by atoms with Gasteiger partial charge in [0.2, 0.25) is 10.0 Å². The molecule has 1 aromatic heterocycles. The number of sulfonamides is 1. The van der Waals surface area contributed by atoms with Crippen LogP contribution in [0.15, 0.2) is 59.4 Å². The van der Waals surface area contributed by atoms with Crippen molar-refractivity contribution in [3.05, 3.63) is 65.6 Å². The molecule has 1 unspecified atom stereocenters. The monoisotopic (exact) mass is 402 g/mol. The van der Waals surface area contributed by atoms with Gasteiger partial charge in [-0.25, -0.2) is 23.4 Å². The summed E-state index contributed by atoms with van der Waals surface area (Å²) in [6.45, 7) is 3.97. The summed E-state index contributed by atoms with van der Waals surface area (Å²) in [7, 11) is -2.12. The molecule has 3 rings (SSSR count). The van der Waals surface area contributed by atoms with E-state index >= 15 is 0 Å². The first-order valence-electron chi connectivity index (χ1n) is 8.65. The standard InChI is InChI=1S/C19H22N4O4S/c1-12(2)23-17(14-8-10-21-11-9-14)16(18(19(24)25)22(23)3)13-4-6-15(7-5-13)28(20,26)27/h4-12,17H,1-3H3,(H,24,25)(H2,20,26,27). The lowest BCUT2D eigenvalue weighted by molar-refractivity contribution is -0.136. The Kier molecular flexibility index (Phi) is 5.24. The van der Waals surface area contributed by atoms with Gasteiger partial charge in [-0.3, -0.25) is 4.98 Å². The van der Waals surface area contributed by atoms with Crippen molar-refractivity contribution in [2.24, 2.45) is 5.14 Å². The van der Waals surface area contributed by atoms with E-state index in [4.69, 9.17) is 5.14 Å². The van der Waals surface area contributed by atoms with Crippen LogP contribution in [0.1, 0.15) is 31.0 Å². The van der Waals surface area contributed by atoms with E-state index in [0.29, 0.717) is 11.1 Å². The Morgan fingerprint density at radius 1 is 1.14 bits per heavy atom. The van der Waals surface area contributed by atoms with Crippen molar-refractivity contribution < 1.29 is 18.3 Å². The first kappa shape index (κ1) is 20.0. The highest BCUT2D eigenvalue weighted by Crippen LogP contribution is 2.45. The van der Waals surface area contributed by atoms with Gasteiger partial charge < -0.3 is 10.1 Å². The summed E-state index contributed by atoms with van der Waals surface area (Å²) >= 11 is 0. The number of primary sulfonamides is 1. The van der Waals surface area contributed by atoms with E-state index in [1.807, 2.05) is 31.0 Å². The summed E-state index contributed by atoms with van der Waals surface area (Å²) in [5.74, 6) is -1.06. The lowest BCUT2D eigenvalue weighted by Crippen LogP contribution is -2.42. The van der Waals surface area contributed by atoms with Crippen molar-refractivity contribution in [2.75, 3.05) is 7.05 Å². The minimum Gasteiger partial charge on any atom is -0.477 e. The van der Waals surface area contributed by atoms with E-state index in [0.717, 1.165) is 5.56 Å². The minimum absolute atomic E-state index is 0.0127. The van der Waals surface area contributed by atoms with Crippen molar-refractivity contribution in [3.8, 4) is 0 Å². The Balaban J connectivity index is 2.24. The van der Waals surface area contributed by atoms with Gasteiger partial charge in [-0.05, 0) is 49.2 Å². The molecule has 0 spiro atoms. The third kappa shape index (κ3) is 3.51. The topological polar surface area (TPSA) is 117 Å². The zero-order chi connectivity index (χ0) is 20.6. The summed E-state index contributed by atoms with van der Waals surface area (Å²) < 4.78 is 23.1. The molecule has 3 N–H and O–H groups in total. The highest BCUT2D eigenvalue weighted by atomic mass is 32.2. The predicted octanol–water partition coefficient (Wildman–Crippen LogP) is 1.84. The molecule has 0 amide bonds. The zero-order valence-electron chi connectivity index (χ0n) is 15.8. The number of hydrazine groups is 1. The van der Waals surface area contributed by atoms with Crippen molar-refractivity contribution in [1.29, 1.82) is 0 Å². The summed E-state index contributed by atoms with van der Waals surface area (Å²) in [5.41, 5.74) is 2.22. The molecular weight excluding hydrogens is 380 g/mol. The number of rotatable bonds is 5. The maximum Gasteiger partial charge on any atom is 0.353 e. The Hall–Kier alpha value is -2.75. The largest absolute Gasteiger partial charge is 0.477 e. The molecular formula is C19H22N4O4S.